The summed E-state index contributed by atoms with van der Waals surface area (Å²) < 4.78 is 13.7. The molecule has 0 fully saturated rings. The molecule has 0 aliphatic carbocycles. The minimum absolute atomic E-state index is 0.106. The second-order valence-corrected chi connectivity index (χ2v) is 4.16. The van der Waals surface area contributed by atoms with Gasteiger partial charge in [0.05, 0.1) is 23.5 Å². The minimum atomic E-state index is -0.765. The molecule has 0 bridgehead atoms. The van der Waals surface area contributed by atoms with Crippen molar-refractivity contribution >= 4 is 37.5 Å². The van der Waals surface area contributed by atoms with Gasteiger partial charge in [-0.15, -0.1) is 0 Å². The van der Waals surface area contributed by atoms with E-state index in [9.17, 15) is 14.5 Å². The third-order valence-electron chi connectivity index (χ3n) is 1.69. The summed E-state index contributed by atoms with van der Waals surface area (Å²) in [4.78, 5) is 9.82. The van der Waals surface area contributed by atoms with E-state index in [2.05, 4.69) is 31.9 Å². The molecular weight excluding hydrogens is 335 g/mol. The van der Waals surface area contributed by atoms with Crippen LogP contribution in [0.15, 0.2) is 15.0 Å². The number of hydrogen-bond donors (Lipinski definition) is 0. The van der Waals surface area contributed by atoms with Gasteiger partial charge in [0.2, 0.25) is 0 Å². The van der Waals surface area contributed by atoms with Crippen LogP contribution < -0.4 is 0 Å². The van der Waals surface area contributed by atoms with Crippen LogP contribution in [-0.4, -0.2) is 4.92 Å². The van der Waals surface area contributed by atoms with Crippen molar-refractivity contribution in [1.29, 1.82) is 5.26 Å². The Balaban J connectivity index is 3.45. The number of halogens is 3. The quantitative estimate of drug-likeness (QED) is 0.472. The molecule has 0 spiro atoms. The summed E-state index contributed by atoms with van der Waals surface area (Å²) in [5, 5.41) is 19.0. The molecule has 0 saturated heterocycles. The standard InChI is InChI=1S/C8H3Br2FN2O2/c9-7-4(1-2-12)5(11)3-6(8(7)10)13(14)15/h3H,1H2. The first kappa shape index (κ1) is 12.1. The fraction of sp³-hybridized carbons (Fsp3) is 0.125. The normalized spacial score (nSPS) is 9.73. The molecule has 1 rings (SSSR count). The zero-order valence-corrected chi connectivity index (χ0v) is 10.3. The van der Waals surface area contributed by atoms with Crippen LogP contribution in [0.1, 0.15) is 5.56 Å². The lowest BCUT2D eigenvalue weighted by molar-refractivity contribution is -0.385. The third-order valence-corrected chi connectivity index (χ3v) is 3.90. The zero-order valence-electron chi connectivity index (χ0n) is 7.13. The second kappa shape index (κ2) is 4.68. The molecule has 0 atom stereocenters. The van der Waals surface area contributed by atoms with Crippen molar-refractivity contribution in [1.82, 2.24) is 0 Å². The Kier molecular flexibility index (Phi) is 3.77. The van der Waals surface area contributed by atoms with Gasteiger partial charge in [0.25, 0.3) is 5.69 Å². The molecule has 1 aromatic rings. The topological polar surface area (TPSA) is 66.9 Å². The summed E-state index contributed by atoms with van der Waals surface area (Å²) in [6, 6.07) is 2.57. The fourth-order valence-electron chi connectivity index (χ4n) is 0.994. The van der Waals surface area contributed by atoms with Crippen molar-refractivity contribution in [2.75, 3.05) is 0 Å². The Morgan fingerprint density at radius 3 is 2.60 bits per heavy atom. The lowest BCUT2D eigenvalue weighted by Gasteiger charge is -2.04. The molecular formula is C8H3Br2FN2O2. The first-order chi connectivity index (χ1) is 6.99. The number of nitriles is 1. The van der Waals surface area contributed by atoms with Crippen LogP contribution in [0.25, 0.3) is 0 Å². The molecule has 1 aromatic carbocycles. The van der Waals surface area contributed by atoms with E-state index >= 15 is 0 Å². The summed E-state index contributed by atoms with van der Waals surface area (Å²) in [5.74, 6) is -0.765. The summed E-state index contributed by atoms with van der Waals surface area (Å²) in [6.07, 6.45) is -0.150. The van der Waals surface area contributed by atoms with Gasteiger partial charge in [-0.1, -0.05) is 0 Å². The number of nitro benzene ring substituents is 1. The smallest absolute Gasteiger partial charge is 0.258 e. The maximum absolute atomic E-state index is 13.3. The summed E-state index contributed by atoms with van der Waals surface area (Å²) in [7, 11) is 0. The van der Waals surface area contributed by atoms with E-state index in [4.69, 9.17) is 5.26 Å². The second-order valence-electron chi connectivity index (χ2n) is 2.58. The highest BCUT2D eigenvalue weighted by Gasteiger charge is 2.21. The molecule has 4 nitrogen and oxygen atoms in total. The van der Waals surface area contributed by atoms with Gasteiger partial charge in [0.15, 0.2) is 0 Å². The van der Waals surface area contributed by atoms with Crippen molar-refractivity contribution in [3.05, 3.63) is 36.5 Å². The number of rotatable bonds is 2. The van der Waals surface area contributed by atoms with E-state index in [1.165, 1.54) is 0 Å². The molecule has 0 saturated carbocycles. The van der Waals surface area contributed by atoms with Gasteiger partial charge in [-0.3, -0.25) is 10.1 Å². The molecule has 0 N–H and O–H groups in total. The molecule has 7 heteroatoms. The number of nitrogens with zero attached hydrogens (tertiary/aromatic N) is 2. The van der Waals surface area contributed by atoms with Gasteiger partial charge in [0, 0.05) is 10.0 Å². The minimum Gasteiger partial charge on any atom is -0.258 e. The number of hydrogen-bond acceptors (Lipinski definition) is 3. The maximum Gasteiger partial charge on any atom is 0.287 e. The highest BCUT2D eigenvalue weighted by molar-refractivity contribution is 9.13. The predicted octanol–water partition coefficient (Wildman–Crippen LogP) is 3.32. The van der Waals surface area contributed by atoms with Gasteiger partial charge in [-0.25, -0.2) is 4.39 Å². The van der Waals surface area contributed by atoms with E-state index in [1.54, 1.807) is 6.07 Å². The largest absolute Gasteiger partial charge is 0.287 e. The molecule has 0 radical (unpaired) electrons. The summed E-state index contributed by atoms with van der Waals surface area (Å²) >= 11 is 5.98. The van der Waals surface area contributed by atoms with E-state index in [1.807, 2.05) is 0 Å². The van der Waals surface area contributed by atoms with E-state index in [0.29, 0.717) is 0 Å². The van der Waals surface area contributed by atoms with Gasteiger partial charge in [-0.05, 0) is 31.9 Å². The Morgan fingerprint density at radius 1 is 1.53 bits per heavy atom. The monoisotopic (exact) mass is 336 g/mol. The molecule has 15 heavy (non-hydrogen) atoms. The lowest BCUT2D eigenvalue weighted by Crippen LogP contribution is -1.97. The van der Waals surface area contributed by atoms with Gasteiger partial charge in [-0.2, -0.15) is 5.26 Å². The summed E-state index contributed by atoms with van der Waals surface area (Å²) in [5.41, 5.74) is -0.268. The summed E-state index contributed by atoms with van der Waals surface area (Å²) in [6.45, 7) is 0. The van der Waals surface area contributed by atoms with Crippen molar-refractivity contribution in [2.45, 2.75) is 6.42 Å². The molecule has 78 valence electrons. The van der Waals surface area contributed by atoms with Gasteiger partial charge in [0.1, 0.15) is 10.3 Å². The zero-order chi connectivity index (χ0) is 11.6. The van der Waals surface area contributed by atoms with Gasteiger partial charge >= 0.3 is 0 Å². The molecule has 0 aliphatic heterocycles. The van der Waals surface area contributed by atoms with Crippen LogP contribution in [-0.2, 0) is 6.42 Å². The Morgan fingerprint density at radius 2 is 2.13 bits per heavy atom. The fourth-order valence-corrected chi connectivity index (χ4v) is 2.03. The van der Waals surface area contributed by atoms with E-state index in [0.717, 1.165) is 6.07 Å². The van der Waals surface area contributed by atoms with Crippen molar-refractivity contribution in [3.8, 4) is 6.07 Å². The van der Waals surface area contributed by atoms with E-state index in [-0.39, 0.29) is 26.6 Å². The first-order valence-corrected chi connectivity index (χ1v) is 5.25. The molecule has 0 aliphatic rings. The van der Waals surface area contributed by atoms with Crippen LogP contribution in [0.5, 0.6) is 0 Å². The molecule has 0 amide bonds. The molecule has 0 unspecified atom stereocenters. The third kappa shape index (κ3) is 2.33. The highest BCUT2D eigenvalue weighted by atomic mass is 79.9. The SMILES string of the molecule is N#CCc1c(F)cc([N+](=O)[O-])c(Br)c1Br. The van der Waals surface area contributed by atoms with Crippen molar-refractivity contribution in [3.63, 3.8) is 0 Å². The molecule has 0 heterocycles. The van der Waals surface area contributed by atoms with Crippen molar-refractivity contribution in [2.24, 2.45) is 0 Å². The maximum atomic E-state index is 13.3. The van der Waals surface area contributed by atoms with Crippen LogP contribution >= 0.6 is 31.9 Å². The Labute approximate surface area is 101 Å². The Hall–Kier alpha value is -1.00. The van der Waals surface area contributed by atoms with E-state index < -0.39 is 10.7 Å². The average Bonchev–Trinajstić information content (AvgIpc) is 2.18. The van der Waals surface area contributed by atoms with Crippen LogP contribution in [0, 0.1) is 27.3 Å². The van der Waals surface area contributed by atoms with Crippen molar-refractivity contribution < 1.29 is 9.31 Å². The van der Waals surface area contributed by atoms with Crippen LogP contribution in [0.2, 0.25) is 0 Å². The Bertz CT molecular complexity index is 471. The first-order valence-electron chi connectivity index (χ1n) is 3.66. The van der Waals surface area contributed by atoms with Gasteiger partial charge < -0.3 is 0 Å². The van der Waals surface area contributed by atoms with Crippen LogP contribution in [0.4, 0.5) is 10.1 Å². The average molecular weight is 338 g/mol. The number of benzene rings is 1. The lowest BCUT2D eigenvalue weighted by atomic mass is 10.1. The van der Waals surface area contributed by atoms with Crippen LogP contribution in [0.3, 0.4) is 0 Å². The highest BCUT2D eigenvalue weighted by Crippen LogP contribution is 2.36. The predicted molar refractivity (Wildman–Crippen MR) is 57.8 cm³/mol. The number of nitro groups is 1. The molecule has 0 aromatic heterocycles.